The van der Waals surface area contributed by atoms with Gasteiger partial charge in [-0.15, -0.1) is 0 Å². The first-order valence-electron chi connectivity index (χ1n) is 8.29. The quantitative estimate of drug-likeness (QED) is 0.747. The lowest BCUT2D eigenvalue weighted by atomic mass is 9.88. The highest BCUT2D eigenvalue weighted by molar-refractivity contribution is 5.88. The van der Waals surface area contributed by atoms with Gasteiger partial charge in [0.15, 0.2) is 0 Å². The molecule has 24 heavy (non-hydrogen) atoms. The molecule has 130 valence electrons. The van der Waals surface area contributed by atoms with Crippen LogP contribution in [0.4, 0.5) is 0 Å². The summed E-state index contributed by atoms with van der Waals surface area (Å²) in [5.41, 5.74) is 0.823. The van der Waals surface area contributed by atoms with E-state index in [1.807, 2.05) is 30.3 Å². The molecule has 1 saturated carbocycles. The van der Waals surface area contributed by atoms with E-state index < -0.39 is 18.0 Å². The highest BCUT2D eigenvalue weighted by Gasteiger charge is 2.28. The molecule has 1 aliphatic rings. The van der Waals surface area contributed by atoms with Crippen molar-refractivity contribution in [1.29, 1.82) is 0 Å². The molecule has 1 aromatic rings. The monoisotopic (exact) mass is 333 g/mol. The van der Waals surface area contributed by atoms with Gasteiger partial charge in [-0.25, -0.2) is 4.79 Å². The molecule has 0 unspecified atom stereocenters. The Morgan fingerprint density at radius 3 is 2.42 bits per heavy atom. The van der Waals surface area contributed by atoms with Crippen molar-refractivity contribution in [3.63, 3.8) is 0 Å². The van der Waals surface area contributed by atoms with Crippen LogP contribution >= 0.6 is 0 Å². The average Bonchev–Trinajstić information content (AvgIpc) is 2.61. The molecule has 2 N–H and O–H groups in total. The first kappa shape index (κ1) is 18.0. The summed E-state index contributed by atoms with van der Waals surface area (Å²) in [5, 5.41) is 11.7. The highest BCUT2D eigenvalue weighted by Crippen LogP contribution is 2.23. The molecule has 6 nitrogen and oxygen atoms in total. The predicted molar refractivity (Wildman–Crippen MR) is 87.0 cm³/mol. The Kier molecular flexibility index (Phi) is 6.78. The van der Waals surface area contributed by atoms with Gasteiger partial charge in [0.1, 0.15) is 12.6 Å². The second kappa shape index (κ2) is 9.05. The Morgan fingerprint density at radius 2 is 1.79 bits per heavy atom. The highest BCUT2D eigenvalue weighted by atomic mass is 16.5. The van der Waals surface area contributed by atoms with E-state index in [-0.39, 0.29) is 24.9 Å². The van der Waals surface area contributed by atoms with E-state index in [2.05, 4.69) is 5.32 Å². The van der Waals surface area contributed by atoms with E-state index in [0.29, 0.717) is 0 Å². The lowest BCUT2D eigenvalue weighted by Gasteiger charge is -2.23. The van der Waals surface area contributed by atoms with E-state index in [1.54, 1.807) is 0 Å². The molecule has 6 heteroatoms. The van der Waals surface area contributed by atoms with Gasteiger partial charge in [-0.1, -0.05) is 49.6 Å². The fourth-order valence-corrected chi connectivity index (χ4v) is 2.82. The van der Waals surface area contributed by atoms with E-state index in [0.717, 1.165) is 37.7 Å². The minimum absolute atomic E-state index is 0.0859. The van der Waals surface area contributed by atoms with Gasteiger partial charge in [0.2, 0.25) is 5.91 Å². The van der Waals surface area contributed by atoms with Crippen LogP contribution in [0.5, 0.6) is 0 Å². The topological polar surface area (TPSA) is 92.7 Å². The van der Waals surface area contributed by atoms with Crippen molar-refractivity contribution >= 4 is 17.8 Å². The molecule has 2 rings (SSSR count). The summed E-state index contributed by atoms with van der Waals surface area (Å²) in [6.45, 7) is 0.0859. The number of hydrogen-bond acceptors (Lipinski definition) is 4. The molecule has 0 bridgehead atoms. The average molecular weight is 333 g/mol. The molecule has 1 atom stereocenters. The summed E-state index contributed by atoms with van der Waals surface area (Å²) in [5.74, 6) is -2.30. The minimum Gasteiger partial charge on any atom is -0.480 e. The number of carbonyl (C=O) groups is 3. The third kappa shape index (κ3) is 5.68. The van der Waals surface area contributed by atoms with E-state index >= 15 is 0 Å². The maximum absolute atomic E-state index is 12.1. The third-order valence-corrected chi connectivity index (χ3v) is 4.20. The summed E-state index contributed by atoms with van der Waals surface area (Å²) >= 11 is 0. The van der Waals surface area contributed by atoms with Crippen molar-refractivity contribution in [2.24, 2.45) is 5.92 Å². The number of carbonyl (C=O) groups excluding carboxylic acids is 2. The van der Waals surface area contributed by atoms with Gasteiger partial charge in [0, 0.05) is 5.92 Å². The van der Waals surface area contributed by atoms with E-state index in [9.17, 15) is 19.5 Å². The molecule has 0 aliphatic heterocycles. The van der Waals surface area contributed by atoms with Crippen LogP contribution in [0, 0.1) is 5.92 Å². The largest absolute Gasteiger partial charge is 0.480 e. The van der Waals surface area contributed by atoms with Crippen molar-refractivity contribution in [3.05, 3.63) is 35.9 Å². The molecular formula is C18H23NO5. The molecular weight excluding hydrogens is 310 g/mol. The smallest absolute Gasteiger partial charge is 0.326 e. The molecule has 0 saturated heterocycles. The molecule has 1 fully saturated rings. The Labute approximate surface area is 141 Å². The van der Waals surface area contributed by atoms with Gasteiger partial charge in [0.25, 0.3) is 0 Å². The lowest BCUT2D eigenvalue weighted by molar-refractivity contribution is -0.151. The second-order valence-corrected chi connectivity index (χ2v) is 6.08. The van der Waals surface area contributed by atoms with Gasteiger partial charge in [-0.2, -0.15) is 0 Å². The molecule has 1 amide bonds. The van der Waals surface area contributed by atoms with Gasteiger partial charge in [0.05, 0.1) is 6.42 Å². The van der Waals surface area contributed by atoms with Crippen LogP contribution in [0.1, 0.15) is 44.1 Å². The number of hydrogen-bond donors (Lipinski definition) is 2. The number of ether oxygens (including phenoxy) is 1. The molecule has 0 spiro atoms. The summed E-state index contributed by atoms with van der Waals surface area (Å²) in [4.78, 5) is 35.3. The Balaban J connectivity index is 1.82. The second-order valence-electron chi connectivity index (χ2n) is 6.08. The standard InChI is InChI=1S/C18H23NO5/c20-16(24-12-13-7-3-1-4-8-13)11-15(18(22)23)19-17(21)14-9-5-2-6-10-14/h1,3-4,7-8,14-15H,2,5-6,9-12H2,(H,19,21)(H,22,23)/t15-/m1/s1. The summed E-state index contributed by atoms with van der Waals surface area (Å²) in [7, 11) is 0. The van der Waals surface area contributed by atoms with Gasteiger partial charge >= 0.3 is 11.9 Å². The molecule has 0 heterocycles. The van der Waals surface area contributed by atoms with E-state index in [4.69, 9.17) is 4.74 Å². The third-order valence-electron chi connectivity index (χ3n) is 4.20. The summed E-state index contributed by atoms with van der Waals surface area (Å²) in [6, 6.07) is 7.88. The number of carboxylic acids is 1. The summed E-state index contributed by atoms with van der Waals surface area (Å²) in [6.07, 6.45) is 4.25. The van der Waals surface area contributed by atoms with Crippen LogP contribution in [0.15, 0.2) is 30.3 Å². The molecule has 0 aromatic heterocycles. The number of carboxylic acid groups (broad SMARTS) is 1. The maximum atomic E-state index is 12.1. The zero-order valence-corrected chi connectivity index (χ0v) is 13.6. The first-order valence-corrected chi connectivity index (χ1v) is 8.29. The number of amides is 1. The number of nitrogens with one attached hydrogen (secondary N) is 1. The van der Waals surface area contributed by atoms with Crippen LogP contribution in [-0.2, 0) is 25.7 Å². The molecule has 0 radical (unpaired) electrons. The Morgan fingerprint density at radius 1 is 1.12 bits per heavy atom. The van der Waals surface area contributed by atoms with Crippen LogP contribution in [0.3, 0.4) is 0 Å². The zero-order valence-electron chi connectivity index (χ0n) is 13.6. The molecule has 1 aromatic carbocycles. The van der Waals surface area contributed by atoms with Crippen LogP contribution in [0.25, 0.3) is 0 Å². The minimum atomic E-state index is -1.25. The van der Waals surface area contributed by atoms with Gasteiger partial charge in [-0.05, 0) is 18.4 Å². The fraction of sp³-hybridized carbons (Fsp3) is 0.500. The fourth-order valence-electron chi connectivity index (χ4n) is 2.82. The number of aliphatic carboxylic acids is 1. The van der Waals surface area contributed by atoms with Crippen molar-refractivity contribution in [2.75, 3.05) is 0 Å². The number of esters is 1. The van der Waals surface area contributed by atoms with Crippen LogP contribution in [0.2, 0.25) is 0 Å². The van der Waals surface area contributed by atoms with Crippen LogP contribution in [-0.4, -0.2) is 29.0 Å². The van der Waals surface area contributed by atoms with E-state index in [1.165, 1.54) is 0 Å². The van der Waals surface area contributed by atoms with Crippen molar-refractivity contribution < 1.29 is 24.2 Å². The normalized spacial score (nSPS) is 16.2. The maximum Gasteiger partial charge on any atom is 0.326 e. The zero-order chi connectivity index (χ0) is 17.4. The number of rotatable bonds is 7. The van der Waals surface area contributed by atoms with Crippen LogP contribution < -0.4 is 5.32 Å². The molecule has 1 aliphatic carbocycles. The predicted octanol–water partition coefficient (Wildman–Crippen LogP) is 2.27. The SMILES string of the molecule is O=C(C[C@@H](NC(=O)C1CCCCC1)C(=O)O)OCc1ccccc1. The Bertz CT molecular complexity index is 566. The lowest BCUT2D eigenvalue weighted by Crippen LogP contribution is -2.45. The van der Waals surface area contributed by atoms with Crippen molar-refractivity contribution in [2.45, 2.75) is 51.2 Å². The van der Waals surface area contributed by atoms with Gasteiger partial charge < -0.3 is 15.2 Å². The van der Waals surface area contributed by atoms with Crippen molar-refractivity contribution in [1.82, 2.24) is 5.32 Å². The summed E-state index contributed by atoms with van der Waals surface area (Å²) < 4.78 is 5.08. The number of benzene rings is 1. The first-order chi connectivity index (χ1) is 11.6. The Hall–Kier alpha value is -2.37. The van der Waals surface area contributed by atoms with Gasteiger partial charge in [-0.3, -0.25) is 9.59 Å². The van der Waals surface area contributed by atoms with Crippen molar-refractivity contribution in [3.8, 4) is 0 Å².